The molecule has 0 aliphatic carbocycles. The number of hydrogen-bond acceptors (Lipinski definition) is 2. The summed E-state index contributed by atoms with van der Waals surface area (Å²) in [5.41, 5.74) is 24.2. The van der Waals surface area contributed by atoms with E-state index < -0.39 is 0 Å². The smallest absolute Gasteiger partial charge is 0.143 e. The Bertz CT molecular complexity index is 3700. The first kappa shape index (κ1) is 44.2. The molecule has 0 atom stereocenters. The lowest BCUT2D eigenvalue weighted by atomic mass is 9.76. The molecule has 0 bridgehead atoms. The Morgan fingerprint density at radius 1 is 0.278 bits per heavy atom. The number of nitrogens with zero attached hydrogens (tertiary/aromatic N) is 1. The highest BCUT2D eigenvalue weighted by Crippen LogP contribution is 2.49. The van der Waals surface area contributed by atoms with Crippen molar-refractivity contribution in [3.63, 3.8) is 0 Å². The molecule has 0 aliphatic heterocycles. The van der Waals surface area contributed by atoms with Crippen LogP contribution < -0.4 is 4.90 Å². The van der Waals surface area contributed by atoms with Crippen molar-refractivity contribution in [3.8, 4) is 55.6 Å². The second-order valence-electron chi connectivity index (χ2n) is 18.9. The SMILES string of the molecule is Cc1ccccc1-c1ccccc1C(c1ccccc1-c1ccccc1C)c1ccc(-c2ccc(N(c3ccc(-c4ccccc4)cc3)c3ccc(-c4ccccc4)cc3)cc2)c2oc3cccc(C)c3c12. The number of furan rings is 1. The van der Waals surface area contributed by atoms with Crippen molar-refractivity contribution in [1.29, 1.82) is 0 Å². The minimum Gasteiger partial charge on any atom is -0.455 e. The fraction of sp³-hybridized carbons (Fsp3) is 0.0571. The Morgan fingerprint density at radius 2 is 0.681 bits per heavy atom. The Morgan fingerprint density at radius 3 is 1.17 bits per heavy atom. The summed E-state index contributed by atoms with van der Waals surface area (Å²) in [5, 5.41) is 2.30. The summed E-state index contributed by atoms with van der Waals surface area (Å²) in [6.45, 7) is 6.65. The Labute approximate surface area is 422 Å². The molecule has 2 heteroatoms. The number of hydrogen-bond donors (Lipinski definition) is 0. The average molecular weight is 924 g/mol. The van der Waals surface area contributed by atoms with E-state index in [1.54, 1.807) is 0 Å². The standard InChI is InChI=1S/C70H53NO/c1-47-19-10-12-26-58(47)61-28-14-16-30-63(61)68(64-31-17-15-29-62(64)59-27-13-11-20-48(59)2)65-46-45-60(70-69(65)67-49(3)21-18-32-66(67)72-70)54-37-43-57(44-38-54)71(55-39-33-52(34-40-55)50-22-6-4-7-23-50)56-41-35-53(36-42-56)51-24-8-5-9-25-51/h4-46,68H,1-3H3. The van der Waals surface area contributed by atoms with E-state index in [0.717, 1.165) is 50.1 Å². The summed E-state index contributed by atoms with van der Waals surface area (Å²) in [7, 11) is 0. The zero-order valence-electron chi connectivity index (χ0n) is 40.8. The van der Waals surface area contributed by atoms with E-state index in [0.29, 0.717) is 0 Å². The van der Waals surface area contributed by atoms with E-state index in [-0.39, 0.29) is 5.92 Å². The number of fused-ring (bicyclic) bond motifs is 3. The van der Waals surface area contributed by atoms with Crippen LogP contribution in [0, 0.1) is 20.8 Å². The van der Waals surface area contributed by atoms with Gasteiger partial charge in [-0.3, -0.25) is 0 Å². The van der Waals surface area contributed by atoms with Crippen LogP contribution in [0.25, 0.3) is 77.6 Å². The highest BCUT2D eigenvalue weighted by atomic mass is 16.3. The van der Waals surface area contributed by atoms with Gasteiger partial charge in [0.2, 0.25) is 0 Å². The maximum atomic E-state index is 7.15. The second kappa shape index (κ2) is 19.1. The van der Waals surface area contributed by atoms with Crippen molar-refractivity contribution in [2.24, 2.45) is 0 Å². The molecule has 0 fully saturated rings. The second-order valence-corrected chi connectivity index (χ2v) is 18.9. The molecule has 0 amide bonds. The van der Waals surface area contributed by atoms with E-state index in [1.807, 2.05) is 0 Å². The number of anilines is 3. The fourth-order valence-corrected chi connectivity index (χ4v) is 10.9. The van der Waals surface area contributed by atoms with Crippen molar-refractivity contribution in [3.05, 3.63) is 294 Å². The van der Waals surface area contributed by atoms with Crippen molar-refractivity contribution in [1.82, 2.24) is 0 Å². The van der Waals surface area contributed by atoms with Crippen LogP contribution >= 0.6 is 0 Å². The van der Waals surface area contributed by atoms with Gasteiger partial charge in [-0.15, -0.1) is 0 Å². The molecule has 0 saturated carbocycles. The molecule has 0 radical (unpaired) electrons. The zero-order chi connectivity index (χ0) is 48.5. The molecule has 0 saturated heterocycles. The van der Waals surface area contributed by atoms with Crippen LogP contribution in [0.15, 0.2) is 265 Å². The molecule has 12 aromatic rings. The van der Waals surface area contributed by atoms with Crippen molar-refractivity contribution >= 4 is 39.0 Å². The average Bonchev–Trinajstić information content (AvgIpc) is 3.84. The molecule has 0 aliphatic rings. The fourth-order valence-electron chi connectivity index (χ4n) is 10.9. The normalized spacial score (nSPS) is 11.4. The lowest BCUT2D eigenvalue weighted by Crippen LogP contribution is -2.10. The van der Waals surface area contributed by atoms with Gasteiger partial charge in [-0.05, 0) is 147 Å². The maximum absolute atomic E-state index is 7.15. The topological polar surface area (TPSA) is 16.4 Å². The molecule has 1 aromatic heterocycles. The summed E-state index contributed by atoms with van der Waals surface area (Å²) >= 11 is 0. The quantitative estimate of drug-likeness (QED) is 0.120. The van der Waals surface area contributed by atoms with Crippen LogP contribution in [0.1, 0.15) is 39.3 Å². The summed E-state index contributed by atoms with van der Waals surface area (Å²) in [6, 6.07) is 94.6. The molecule has 0 N–H and O–H groups in total. The predicted octanol–water partition coefficient (Wildman–Crippen LogP) is 19.5. The molecule has 12 rings (SSSR count). The molecule has 1 heterocycles. The van der Waals surface area contributed by atoms with Crippen LogP contribution in [0.4, 0.5) is 17.1 Å². The zero-order valence-corrected chi connectivity index (χ0v) is 40.8. The van der Waals surface area contributed by atoms with E-state index in [2.05, 4.69) is 287 Å². The molecule has 344 valence electrons. The molecular formula is C70H53NO. The van der Waals surface area contributed by atoms with E-state index in [1.165, 1.54) is 77.9 Å². The van der Waals surface area contributed by atoms with Gasteiger partial charge in [0.25, 0.3) is 0 Å². The summed E-state index contributed by atoms with van der Waals surface area (Å²) in [4.78, 5) is 2.35. The van der Waals surface area contributed by atoms with Crippen molar-refractivity contribution in [2.75, 3.05) is 4.90 Å². The molecular weight excluding hydrogens is 871 g/mol. The Kier molecular flexibility index (Phi) is 11.7. The third-order valence-corrected chi connectivity index (χ3v) is 14.5. The minimum atomic E-state index is -0.147. The summed E-state index contributed by atoms with van der Waals surface area (Å²) in [5.74, 6) is -0.147. The molecule has 2 nitrogen and oxygen atoms in total. The van der Waals surface area contributed by atoms with E-state index >= 15 is 0 Å². The monoisotopic (exact) mass is 923 g/mol. The lowest BCUT2D eigenvalue weighted by Gasteiger charge is -2.27. The van der Waals surface area contributed by atoms with Gasteiger partial charge in [-0.2, -0.15) is 0 Å². The van der Waals surface area contributed by atoms with Gasteiger partial charge in [0, 0.05) is 39.3 Å². The first-order valence-electron chi connectivity index (χ1n) is 24.9. The molecule has 0 unspecified atom stereocenters. The molecule has 11 aromatic carbocycles. The minimum absolute atomic E-state index is 0.147. The van der Waals surface area contributed by atoms with Crippen LogP contribution in [0.2, 0.25) is 0 Å². The Hall–Kier alpha value is -8.98. The number of rotatable bonds is 11. The molecule has 72 heavy (non-hydrogen) atoms. The third kappa shape index (κ3) is 8.17. The van der Waals surface area contributed by atoms with Crippen molar-refractivity contribution < 1.29 is 4.42 Å². The highest BCUT2D eigenvalue weighted by molar-refractivity contribution is 6.13. The summed E-state index contributed by atoms with van der Waals surface area (Å²) in [6.07, 6.45) is 0. The van der Waals surface area contributed by atoms with Crippen LogP contribution in [0.5, 0.6) is 0 Å². The van der Waals surface area contributed by atoms with E-state index in [4.69, 9.17) is 4.42 Å². The number of benzene rings is 11. The highest BCUT2D eigenvalue weighted by Gasteiger charge is 2.29. The number of aryl methyl sites for hydroxylation is 3. The van der Waals surface area contributed by atoms with E-state index in [9.17, 15) is 0 Å². The first-order chi connectivity index (χ1) is 35.5. The van der Waals surface area contributed by atoms with Gasteiger partial charge in [-0.1, -0.05) is 218 Å². The molecule has 0 spiro atoms. The van der Waals surface area contributed by atoms with Crippen LogP contribution in [-0.4, -0.2) is 0 Å². The van der Waals surface area contributed by atoms with Gasteiger partial charge >= 0.3 is 0 Å². The third-order valence-electron chi connectivity index (χ3n) is 14.5. The maximum Gasteiger partial charge on any atom is 0.143 e. The van der Waals surface area contributed by atoms with Crippen LogP contribution in [0.3, 0.4) is 0 Å². The largest absolute Gasteiger partial charge is 0.455 e. The van der Waals surface area contributed by atoms with Gasteiger partial charge in [0.05, 0.1) is 0 Å². The lowest BCUT2D eigenvalue weighted by molar-refractivity contribution is 0.669. The predicted molar refractivity (Wildman–Crippen MR) is 304 cm³/mol. The first-order valence-corrected chi connectivity index (χ1v) is 24.9. The van der Waals surface area contributed by atoms with Gasteiger partial charge < -0.3 is 9.32 Å². The Balaban J connectivity index is 1.03. The summed E-state index contributed by atoms with van der Waals surface area (Å²) < 4.78 is 7.15. The van der Waals surface area contributed by atoms with Crippen molar-refractivity contribution in [2.45, 2.75) is 26.7 Å². The van der Waals surface area contributed by atoms with Gasteiger partial charge in [0.1, 0.15) is 11.2 Å². The van der Waals surface area contributed by atoms with Gasteiger partial charge in [-0.25, -0.2) is 0 Å². The van der Waals surface area contributed by atoms with Crippen LogP contribution in [-0.2, 0) is 0 Å². The van der Waals surface area contributed by atoms with Gasteiger partial charge in [0.15, 0.2) is 0 Å².